The van der Waals surface area contributed by atoms with Crippen LogP contribution in [0.4, 0.5) is 0 Å². The van der Waals surface area contributed by atoms with Crippen LogP contribution in [-0.2, 0) is 0 Å². The second-order valence-corrected chi connectivity index (χ2v) is 4.41. The Kier molecular flexibility index (Phi) is 15.4. The second kappa shape index (κ2) is 16.6. The molecule has 1 N–H and O–H groups in total. The van der Waals surface area contributed by atoms with Crippen LogP contribution in [0.25, 0.3) is 0 Å². The van der Waals surface area contributed by atoms with E-state index in [0.717, 1.165) is 19.3 Å². The Bertz CT molecular complexity index is 362. The molecule has 19 heavy (non-hydrogen) atoms. The van der Waals surface area contributed by atoms with E-state index < -0.39 is 0 Å². The van der Waals surface area contributed by atoms with E-state index in [-0.39, 0.29) is 6.61 Å². The van der Waals surface area contributed by atoms with Crippen LogP contribution in [0.15, 0.2) is 0 Å². The number of aliphatic hydroxyl groups excluding tert-OH is 1. The third kappa shape index (κ3) is 16.6. The molecule has 0 aromatic heterocycles. The van der Waals surface area contributed by atoms with Crippen LogP contribution in [0.2, 0.25) is 0 Å². The van der Waals surface area contributed by atoms with E-state index in [1.807, 2.05) is 0 Å². The summed E-state index contributed by atoms with van der Waals surface area (Å²) in [5.74, 6) is 18.2. The summed E-state index contributed by atoms with van der Waals surface area (Å²) in [6, 6.07) is 0. The second-order valence-electron chi connectivity index (χ2n) is 4.41. The van der Waals surface area contributed by atoms with Crippen molar-refractivity contribution >= 4 is 0 Å². The topological polar surface area (TPSA) is 20.2 Å². The van der Waals surface area contributed by atoms with E-state index in [9.17, 15) is 0 Å². The van der Waals surface area contributed by atoms with Crippen LogP contribution in [0, 0.1) is 35.5 Å². The van der Waals surface area contributed by atoms with Crippen LogP contribution in [0.3, 0.4) is 0 Å². The summed E-state index contributed by atoms with van der Waals surface area (Å²) >= 11 is 0. The van der Waals surface area contributed by atoms with Gasteiger partial charge in [0.25, 0.3) is 0 Å². The average Bonchev–Trinajstić information content (AvgIpc) is 2.43. The van der Waals surface area contributed by atoms with Gasteiger partial charge in [-0.2, -0.15) is 0 Å². The number of hydrogen-bond acceptors (Lipinski definition) is 1. The van der Waals surface area contributed by atoms with Crippen molar-refractivity contribution in [3.05, 3.63) is 0 Å². The third-order valence-electron chi connectivity index (χ3n) is 2.59. The van der Waals surface area contributed by atoms with Gasteiger partial charge in [-0.05, 0) is 12.8 Å². The largest absolute Gasteiger partial charge is 0.396 e. The maximum absolute atomic E-state index is 8.56. The van der Waals surface area contributed by atoms with Gasteiger partial charge in [0.2, 0.25) is 0 Å². The quantitative estimate of drug-likeness (QED) is 0.542. The molecule has 0 saturated heterocycles. The zero-order valence-corrected chi connectivity index (χ0v) is 12.2. The van der Waals surface area contributed by atoms with Gasteiger partial charge < -0.3 is 5.11 Å². The summed E-state index contributed by atoms with van der Waals surface area (Å²) in [6.07, 6.45) is 10.3. The molecule has 104 valence electrons. The van der Waals surface area contributed by atoms with Crippen molar-refractivity contribution in [2.24, 2.45) is 0 Å². The van der Waals surface area contributed by atoms with Crippen LogP contribution in [0.5, 0.6) is 0 Å². The molecule has 0 rings (SSSR count). The number of hydrogen-bond donors (Lipinski definition) is 1. The fraction of sp³-hybridized carbons (Fsp3) is 0.667. The molecule has 0 aliphatic heterocycles. The van der Waals surface area contributed by atoms with Crippen molar-refractivity contribution in [3.8, 4) is 35.5 Å². The Labute approximate surface area is 119 Å². The standard InChI is InChI=1S/C18H26O/c1-2-3-4-5-6-7-8-9-10-11-12-13-14-15-16-17-18-19/h19H,2-7,10,13,16-18H2,1H3. The highest BCUT2D eigenvalue weighted by atomic mass is 16.2. The van der Waals surface area contributed by atoms with Crippen molar-refractivity contribution in [3.63, 3.8) is 0 Å². The molecule has 0 radical (unpaired) electrons. The summed E-state index contributed by atoms with van der Waals surface area (Å²) in [7, 11) is 0. The zero-order chi connectivity index (χ0) is 14.0. The Balaban J connectivity index is 3.39. The molecule has 0 aliphatic rings. The normalized spacial score (nSPS) is 8.53. The van der Waals surface area contributed by atoms with Gasteiger partial charge in [-0.1, -0.05) is 56.3 Å². The number of rotatable bonds is 7. The Hall–Kier alpha value is -1.36. The van der Waals surface area contributed by atoms with Crippen LogP contribution >= 0.6 is 0 Å². The molecular formula is C18H26O. The predicted molar refractivity (Wildman–Crippen MR) is 82.3 cm³/mol. The molecule has 0 saturated carbocycles. The molecule has 0 heterocycles. The summed E-state index contributed by atoms with van der Waals surface area (Å²) in [4.78, 5) is 0. The van der Waals surface area contributed by atoms with E-state index in [2.05, 4.69) is 42.4 Å². The summed E-state index contributed by atoms with van der Waals surface area (Å²) < 4.78 is 0. The van der Waals surface area contributed by atoms with E-state index in [0.29, 0.717) is 12.8 Å². The number of aliphatic hydroxyl groups is 1. The average molecular weight is 258 g/mol. The van der Waals surface area contributed by atoms with Crippen molar-refractivity contribution < 1.29 is 5.11 Å². The van der Waals surface area contributed by atoms with Crippen molar-refractivity contribution in [2.45, 2.75) is 71.1 Å². The van der Waals surface area contributed by atoms with Gasteiger partial charge in [-0.15, -0.1) is 11.8 Å². The Morgan fingerprint density at radius 3 is 1.74 bits per heavy atom. The van der Waals surface area contributed by atoms with Gasteiger partial charge in [0.05, 0.1) is 12.8 Å². The summed E-state index contributed by atoms with van der Waals surface area (Å²) in [6.45, 7) is 2.45. The smallest absolute Gasteiger partial charge is 0.0702 e. The molecule has 0 aromatic carbocycles. The van der Waals surface area contributed by atoms with E-state index in [1.165, 1.54) is 32.1 Å². The summed E-state index contributed by atoms with van der Waals surface area (Å²) in [5.41, 5.74) is 0. The van der Waals surface area contributed by atoms with Gasteiger partial charge in [0, 0.05) is 19.4 Å². The first-order valence-corrected chi connectivity index (χ1v) is 7.39. The van der Waals surface area contributed by atoms with Crippen LogP contribution in [0.1, 0.15) is 71.1 Å². The SMILES string of the molecule is CCCCCCCC#CCC#CCC#CCCCO. The lowest BCUT2D eigenvalue weighted by Gasteiger charge is -1.94. The molecule has 1 nitrogen and oxygen atoms in total. The van der Waals surface area contributed by atoms with Crippen molar-refractivity contribution in [1.29, 1.82) is 0 Å². The van der Waals surface area contributed by atoms with E-state index >= 15 is 0 Å². The first-order chi connectivity index (χ1) is 9.41. The maximum atomic E-state index is 8.56. The minimum atomic E-state index is 0.217. The molecule has 0 fully saturated rings. The molecule has 0 bridgehead atoms. The third-order valence-corrected chi connectivity index (χ3v) is 2.59. The zero-order valence-electron chi connectivity index (χ0n) is 12.2. The first kappa shape index (κ1) is 17.6. The first-order valence-electron chi connectivity index (χ1n) is 7.39. The molecule has 0 atom stereocenters. The molecule has 0 aliphatic carbocycles. The van der Waals surface area contributed by atoms with E-state index in [1.54, 1.807) is 0 Å². The molecular weight excluding hydrogens is 232 g/mol. The lowest BCUT2D eigenvalue weighted by Crippen LogP contribution is -1.78. The Morgan fingerprint density at radius 1 is 0.632 bits per heavy atom. The fourth-order valence-electron chi connectivity index (χ4n) is 1.50. The van der Waals surface area contributed by atoms with Crippen molar-refractivity contribution in [2.75, 3.05) is 6.61 Å². The predicted octanol–water partition coefficient (Wildman–Crippen LogP) is 3.91. The highest BCUT2D eigenvalue weighted by Gasteiger charge is 1.85. The molecule has 0 aromatic rings. The van der Waals surface area contributed by atoms with Crippen molar-refractivity contribution in [1.82, 2.24) is 0 Å². The number of unbranched alkanes of at least 4 members (excludes halogenated alkanes) is 6. The molecule has 0 amide bonds. The minimum Gasteiger partial charge on any atom is -0.396 e. The van der Waals surface area contributed by atoms with Gasteiger partial charge >= 0.3 is 0 Å². The lowest BCUT2D eigenvalue weighted by atomic mass is 10.1. The lowest BCUT2D eigenvalue weighted by molar-refractivity contribution is 0.290. The minimum absolute atomic E-state index is 0.217. The van der Waals surface area contributed by atoms with Gasteiger partial charge in [-0.3, -0.25) is 0 Å². The van der Waals surface area contributed by atoms with Crippen LogP contribution in [-0.4, -0.2) is 11.7 Å². The highest BCUT2D eigenvalue weighted by molar-refractivity contribution is 5.16. The maximum Gasteiger partial charge on any atom is 0.0702 e. The molecule has 0 spiro atoms. The summed E-state index contributed by atoms with van der Waals surface area (Å²) in [5, 5.41) is 8.56. The monoisotopic (exact) mass is 258 g/mol. The van der Waals surface area contributed by atoms with Gasteiger partial charge in [0.1, 0.15) is 0 Å². The van der Waals surface area contributed by atoms with Crippen LogP contribution < -0.4 is 0 Å². The molecule has 1 heteroatoms. The molecule has 0 unspecified atom stereocenters. The Morgan fingerprint density at radius 2 is 1.16 bits per heavy atom. The fourth-order valence-corrected chi connectivity index (χ4v) is 1.50. The highest BCUT2D eigenvalue weighted by Crippen LogP contribution is 2.03. The van der Waals surface area contributed by atoms with Gasteiger partial charge in [-0.25, -0.2) is 0 Å². The van der Waals surface area contributed by atoms with Gasteiger partial charge in [0.15, 0.2) is 0 Å². The van der Waals surface area contributed by atoms with E-state index in [4.69, 9.17) is 5.11 Å².